The Morgan fingerprint density at radius 1 is 1.43 bits per heavy atom. The second-order valence-electron chi connectivity index (χ2n) is 6.78. The van der Waals surface area contributed by atoms with Crippen LogP contribution in [0.4, 0.5) is 4.79 Å². The van der Waals surface area contributed by atoms with Crippen molar-refractivity contribution in [3.8, 4) is 0 Å². The van der Waals surface area contributed by atoms with Gasteiger partial charge in [-0.3, -0.25) is 0 Å². The van der Waals surface area contributed by atoms with Gasteiger partial charge in [0.05, 0.1) is 12.6 Å². The van der Waals surface area contributed by atoms with Gasteiger partial charge in [-0.2, -0.15) is 0 Å². The zero-order valence-corrected chi connectivity index (χ0v) is 13.7. The van der Waals surface area contributed by atoms with E-state index in [0.29, 0.717) is 13.2 Å². The van der Waals surface area contributed by atoms with E-state index in [1.54, 1.807) is 7.11 Å². The van der Waals surface area contributed by atoms with Crippen LogP contribution in [-0.2, 0) is 9.53 Å². The number of rotatable bonds is 5. The summed E-state index contributed by atoms with van der Waals surface area (Å²) in [6, 6.07) is -1.23. The van der Waals surface area contributed by atoms with Gasteiger partial charge < -0.3 is 20.1 Å². The summed E-state index contributed by atoms with van der Waals surface area (Å²) in [5.41, 5.74) is -0.421. The molecule has 0 aromatic rings. The van der Waals surface area contributed by atoms with Crippen LogP contribution >= 0.6 is 0 Å². The van der Waals surface area contributed by atoms with E-state index in [-0.39, 0.29) is 18.0 Å². The number of hydrogen-bond donors (Lipinski definition) is 2. The SMILES string of the molecule is COCC(NC(=O)N1CCCC(C)(C)C1C(=O)O)C(C)C. The number of nitrogens with zero attached hydrogens (tertiary/aromatic N) is 1. The molecule has 0 aromatic heterocycles. The molecule has 0 aromatic carbocycles. The zero-order chi connectivity index (χ0) is 16.2. The molecule has 0 aliphatic carbocycles. The molecular formula is C15H28N2O4. The molecule has 1 rings (SSSR count). The number of amides is 2. The van der Waals surface area contributed by atoms with Crippen molar-refractivity contribution < 1.29 is 19.4 Å². The van der Waals surface area contributed by atoms with Gasteiger partial charge in [0.25, 0.3) is 0 Å². The molecule has 1 aliphatic heterocycles. The van der Waals surface area contributed by atoms with Crippen LogP contribution in [0.25, 0.3) is 0 Å². The average molecular weight is 300 g/mol. The molecule has 6 heteroatoms. The minimum Gasteiger partial charge on any atom is -0.480 e. The maximum atomic E-state index is 12.5. The van der Waals surface area contributed by atoms with Gasteiger partial charge in [0.2, 0.25) is 0 Å². The van der Waals surface area contributed by atoms with E-state index in [0.717, 1.165) is 12.8 Å². The van der Waals surface area contributed by atoms with Gasteiger partial charge in [-0.1, -0.05) is 27.7 Å². The van der Waals surface area contributed by atoms with E-state index in [2.05, 4.69) is 5.32 Å². The smallest absolute Gasteiger partial charge is 0.327 e. The summed E-state index contributed by atoms with van der Waals surface area (Å²) < 4.78 is 5.12. The zero-order valence-electron chi connectivity index (χ0n) is 13.7. The Morgan fingerprint density at radius 2 is 2.05 bits per heavy atom. The van der Waals surface area contributed by atoms with Crippen LogP contribution in [0.2, 0.25) is 0 Å². The molecular weight excluding hydrogens is 272 g/mol. The molecule has 0 radical (unpaired) electrons. The number of carboxylic acid groups (broad SMARTS) is 1. The van der Waals surface area contributed by atoms with Crippen LogP contribution < -0.4 is 5.32 Å². The van der Waals surface area contributed by atoms with Crippen molar-refractivity contribution >= 4 is 12.0 Å². The molecule has 1 saturated heterocycles. The lowest BCUT2D eigenvalue weighted by atomic mass is 9.76. The summed E-state index contributed by atoms with van der Waals surface area (Å²) in [5.74, 6) is -0.724. The van der Waals surface area contributed by atoms with E-state index < -0.39 is 17.4 Å². The molecule has 21 heavy (non-hydrogen) atoms. The van der Waals surface area contributed by atoms with Crippen LogP contribution in [0.15, 0.2) is 0 Å². The Morgan fingerprint density at radius 3 is 2.52 bits per heavy atom. The molecule has 1 fully saturated rings. The molecule has 0 bridgehead atoms. The van der Waals surface area contributed by atoms with Crippen LogP contribution in [0.5, 0.6) is 0 Å². The molecule has 0 saturated carbocycles. The first-order chi connectivity index (χ1) is 9.70. The van der Waals surface area contributed by atoms with Crippen molar-refractivity contribution in [3.05, 3.63) is 0 Å². The van der Waals surface area contributed by atoms with Gasteiger partial charge in [-0.15, -0.1) is 0 Å². The fourth-order valence-electron chi connectivity index (χ4n) is 2.90. The third kappa shape index (κ3) is 4.33. The minimum absolute atomic E-state index is 0.123. The maximum absolute atomic E-state index is 12.5. The normalized spacial score (nSPS) is 23.0. The third-order valence-electron chi connectivity index (χ3n) is 4.23. The number of ether oxygens (including phenoxy) is 1. The standard InChI is InChI=1S/C15H28N2O4/c1-10(2)11(9-21-5)16-14(20)17-8-6-7-15(3,4)12(17)13(18)19/h10-12H,6-9H2,1-5H3,(H,16,20)(H,18,19). The van der Waals surface area contributed by atoms with Gasteiger partial charge in [0.15, 0.2) is 0 Å². The van der Waals surface area contributed by atoms with E-state index in [1.165, 1.54) is 4.90 Å². The van der Waals surface area contributed by atoms with Crippen molar-refractivity contribution in [2.45, 2.75) is 52.6 Å². The van der Waals surface area contributed by atoms with Gasteiger partial charge in [0.1, 0.15) is 6.04 Å². The molecule has 6 nitrogen and oxygen atoms in total. The van der Waals surface area contributed by atoms with Crippen LogP contribution in [0.3, 0.4) is 0 Å². The van der Waals surface area contributed by atoms with Crippen LogP contribution in [0, 0.1) is 11.3 Å². The monoisotopic (exact) mass is 300 g/mol. The van der Waals surface area contributed by atoms with Gasteiger partial charge in [-0.25, -0.2) is 9.59 Å². The predicted molar refractivity (Wildman–Crippen MR) is 80.2 cm³/mol. The first kappa shape index (κ1) is 17.8. The summed E-state index contributed by atoms with van der Waals surface area (Å²) >= 11 is 0. The molecule has 2 atom stereocenters. The van der Waals surface area contributed by atoms with Crippen molar-refractivity contribution in [1.29, 1.82) is 0 Å². The minimum atomic E-state index is -0.942. The molecule has 0 spiro atoms. The number of likely N-dealkylation sites (tertiary alicyclic amines) is 1. The topological polar surface area (TPSA) is 78.9 Å². The number of methoxy groups -OCH3 is 1. The highest BCUT2D eigenvalue weighted by molar-refractivity contribution is 5.83. The summed E-state index contributed by atoms with van der Waals surface area (Å²) in [7, 11) is 1.59. The Hall–Kier alpha value is -1.30. The van der Waals surface area contributed by atoms with E-state index in [1.807, 2.05) is 27.7 Å². The average Bonchev–Trinajstić information content (AvgIpc) is 2.35. The van der Waals surface area contributed by atoms with Crippen LogP contribution in [-0.4, -0.2) is 54.4 Å². The van der Waals surface area contributed by atoms with Gasteiger partial charge in [0, 0.05) is 13.7 Å². The highest BCUT2D eigenvalue weighted by Crippen LogP contribution is 2.35. The lowest BCUT2D eigenvalue weighted by Gasteiger charge is -2.44. The number of carbonyl (C=O) groups excluding carboxylic acids is 1. The number of nitrogens with one attached hydrogen (secondary N) is 1. The third-order valence-corrected chi connectivity index (χ3v) is 4.23. The van der Waals surface area contributed by atoms with Crippen molar-refractivity contribution in [2.24, 2.45) is 11.3 Å². The second kappa shape index (κ2) is 7.11. The maximum Gasteiger partial charge on any atom is 0.327 e. The first-order valence-electron chi connectivity index (χ1n) is 7.49. The Labute approximate surface area is 126 Å². The Kier molecular flexibility index (Phi) is 6.01. The van der Waals surface area contributed by atoms with E-state index in [4.69, 9.17) is 4.74 Å². The number of piperidine rings is 1. The number of hydrogen-bond acceptors (Lipinski definition) is 3. The predicted octanol–water partition coefficient (Wildman–Crippen LogP) is 1.94. The largest absolute Gasteiger partial charge is 0.480 e. The molecule has 2 N–H and O–H groups in total. The fourth-order valence-corrected chi connectivity index (χ4v) is 2.90. The van der Waals surface area contributed by atoms with Crippen molar-refractivity contribution in [2.75, 3.05) is 20.3 Å². The molecule has 122 valence electrons. The lowest BCUT2D eigenvalue weighted by Crippen LogP contribution is -2.60. The van der Waals surface area contributed by atoms with E-state index in [9.17, 15) is 14.7 Å². The van der Waals surface area contributed by atoms with Crippen molar-refractivity contribution in [1.82, 2.24) is 10.2 Å². The molecule has 2 unspecified atom stereocenters. The molecule has 1 aliphatic rings. The van der Waals surface area contributed by atoms with Gasteiger partial charge in [-0.05, 0) is 24.2 Å². The quantitative estimate of drug-likeness (QED) is 0.813. The highest BCUT2D eigenvalue weighted by Gasteiger charge is 2.44. The Balaban J connectivity index is 2.85. The van der Waals surface area contributed by atoms with Gasteiger partial charge >= 0.3 is 12.0 Å². The molecule has 2 amide bonds. The number of carboxylic acids is 1. The lowest BCUT2D eigenvalue weighted by molar-refractivity contribution is -0.148. The van der Waals surface area contributed by atoms with Crippen LogP contribution in [0.1, 0.15) is 40.5 Å². The Bertz CT molecular complexity index is 382. The molecule has 1 heterocycles. The number of carbonyl (C=O) groups is 2. The summed E-state index contributed by atoms with van der Waals surface area (Å²) in [6.07, 6.45) is 1.63. The van der Waals surface area contributed by atoms with E-state index >= 15 is 0 Å². The highest BCUT2D eigenvalue weighted by atomic mass is 16.5. The fraction of sp³-hybridized carbons (Fsp3) is 0.867. The summed E-state index contributed by atoms with van der Waals surface area (Å²) in [4.78, 5) is 25.5. The second-order valence-corrected chi connectivity index (χ2v) is 6.78. The van der Waals surface area contributed by atoms with Crippen molar-refractivity contribution in [3.63, 3.8) is 0 Å². The number of urea groups is 1. The summed E-state index contributed by atoms with van der Waals surface area (Å²) in [6.45, 7) is 8.70. The first-order valence-corrected chi connectivity index (χ1v) is 7.49. The summed E-state index contributed by atoms with van der Waals surface area (Å²) in [5, 5.41) is 12.4. The number of aliphatic carboxylic acids is 1.